The van der Waals surface area contributed by atoms with E-state index in [0.29, 0.717) is 12.8 Å². The van der Waals surface area contributed by atoms with Crippen molar-refractivity contribution in [2.75, 3.05) is 6.54 Å². The maximum Gasteiger partial charge on any atom is 0.322 e. The maximum absolute atomic E-state index is 12.7. The molecule has 2 N–H and O–H groups in total. The van der Waals surface area contributed by atoms with Crippen LogP contribution in [0, 0.1) is 0 Å². The van der Waals surface area contributed by atoms with Crippen molar-refractivity contribution in [2.45, 2.75) is 232 Å². The molecule has 0 bridgehead atoms. The first-order valence-electron chi connectivity index (χ1n) is 21.5. The number of ether oxygens (including phenoxy) is 1. The fourth-order valence-corrected chi connectivity index (χ4v) is 6.43. The van der Waals surface area contributed by atoms with Crippen LogP contribution in [-0.2, 0) is 19.1 Å². The fraction of sp³-hybridized carbons (Fsp3) is 0.841. The van der Waals surface area contributed by atoms with Crippen LogP contribution in [-0.4, -0.2) is 35.6 Å². The average Bonchev–Trinajstić information content (AvgIpc) is 3.10. The van der Waals surface area contributed by atoms with E-state index in [0.717, 1.165) is 77.0 Å². The molecule has 0 aromatic heterocycles. The number of allylic oxidation sites excluding steroid dienone is 4. The van der Waals surface area contributed by atoms with Crippen LogP contribution in [0.1, 0.15) is 226 Å². The van der Waals surface area contributed by atoms with E-state index in [1.807, 2.05) is 0 Å². The molecule has 0 heterocycles. The van der Waals surface area contributed by atoms with Crippen molar-refractivity contribution < 1.29 is 24.2 Å². The van der Waals surface area contributed by atoms with Crippen LogP contribution in [0.5, 0.6) is 0 Å². The highest BCUT2D eigenvalue weighted by atomic mass is 16.5. The highest BCUT2D eigenvalue weighted by molar-refractivity contribution is 5.80. The summed E-state index contributed by atoms with van der Waals surface area (Å²) in [5, 5.41) is 11.1. The van der Waals surface area contributed by atoms with E-state index >= 15 is 0 Å². The lowest BCUT2D eigenvalue weighted by Gasteiger charge is -2.18. The van der Waals surface area contributed by atoms with Crippen LogP contribution in [0.25, 0.3) is 0 Å². The van der Waals surface area contributed by atoms with Crippen molar-refractivity contribution in [3.05, 3.63) is 24.3 Å². The van der Waals surface area contributed by atoms with Gasteiger partial charge in [0.05, 0.1) is 0 Å². The normalized spacial score (nSPS) is 12.2. The van der Waals surface area contributed by atoms with E-state index in [2.05, 4.69) is 43.5 Å². The Morgan fingerprint density at radius 1 is 0.520 bits per heavy atom. The first-order chi connectivity index (χ1) is 24.5. The number of aliphatic carboxylic acids is 1. The predicted octanol–water partition coefficient (Wildman–Crippen LogP) is 13.1. The van der Waals surface area contributed by atoms with Crippen molar-refractivity contribution >= 4 is 17.8 Å². The van der Waals surface area contributed by atoms with E-state index < -0.39 is 5.97 Å². The van der Waals surface area contributed by atoms with Gasteiger partial charge in [0, 0.05) is 12.8 Å². The summed E-state index contributed by atoms with van der Waals surface area (Å²) < 4.78 is 6.03. The quantitative estimate of drug-likeness (QED) is 0.0378. The summed E-state index contributed by atoms with van der Waals surface area (Å²) in [5.41, 5.74) is 0. The van der Waals surface area contributed by atoms with Gasteiger partial charge in [-0.25, -0.2) is 0 Å². The first-order valence-corrected chi connectivity index (χ1v) is 21.5. The molecule has 0 aliphatic carbocycles. The van der Waals surface area contributed by atoms with Crippen molar-refractivity contribution in [2.24, 2.45) is 0 Å². The van der Waals surface area contributed by atoms with Gasteiger partial charge >= 0.3 is 11.9 Å². The molecule has 0 radical (unpaired) electrons. The number of carbonyl (C=O) groups is 3. The molecule has 0 aromatic carbocycles. The van der Waals surface area contributed by atoms with Gasteiger partial charge in [0.15, 0.2) is 0 Å². The molecule has 0 saturated carbocycles. The lowest BCUT2D eigenvalue weighted by molar-refractivity contribution is -0.150. The van der Waals surface area contributed by atoms with E-state index in [4.69, 9.17) is 9.84 Å². The van der Waals surface area contributed by atoms with Crippen molar-refractivity contribution in [1.29, 1.82) is 0 Å². The molecule has 0 fully saturated rings. The first kappa shape index (κ1) is 47.9. The Balaban J connectivity index is 4.18. The second-order valence-corrected chi connectivity index (χ2v) is 14.6. The minimum Gasteiger partial charge on any atom is -0.480 e. The summed E-state index contributed by atoms with van der Waals surface area (Å²) in [4.78, 5) is 35.0. The van der Waals surface area contributed by atoms with Crippen LogP contribution in [0.2, 0.25) is 0 Å². The van der Waals surface area contributed by atoms with E-state index in [-0.39, 0.29) is 24.5 Å². The third-order valence-corrected chi connectivity index (χ3v) is 9.63. The maximum atomic E-state index is 12.7. The molecule has 0 aliphatic heterocycles. The molecular weight excluding hydrogens is 622 g/mol. The molecule has 0 rings (SSSR count). The fourth-order valence-electron chi connectivity index (χ4n) is 6.43. The highest BCUT2D eigenvalue weighted by Crippen LogP contribution is 2.19. The van der Waals surface area contributed by atoms with Gasteiger partial charge in [-0.1, -0.05) is 167 Å². The number of esters is 1. The van der Waals surface area contributed by atoms with Crippen LogP contribution in [0.4, 0.5) is 0 Å². The molecule has 1 amide bonds. The number of nitrogens with one attached hydrogen (secondary N) is 1. The number of carbonyl (C=O) groups excluding carboxylic acids is 2. The van der Waals surface area contributed by atoms with Gasteiger partial charge in [-0.2, -0.15) is 0 Å². The minimum absolute atomic E-state index is 0.0231. The summed E-state index contributed by atoms with van der Waals surface area (Å²) in [7, 11) is 0. The Hall–Kier alpha value is -2.11. The van der Waals surface area contributed by atoms with Gasteiger partial charge in [0.1, 0.15) is 12.6 Å². The largest absolute Gasteiger partial charge is 0.480 e. The second kappa shape index (κ2) is 39.7. The van der Waals surface area contributed by atoms with Gasteiger partial charge in [-0.05, 0) is 70.6 Å². The lowest BCUT2D eigenvalue weighted by Crippen LogP contribution is -2.28. The lowest BCUT2D eigenvalue weighted by atomic mass is 10.0. The average molecular weight is 704 g/mol. The summed E-state index contributed by atoms with van der Waals surface area (Å²) in [6.45, 7) is 4.21. The van der Waals surface area contributed by atoms with Crippen LogP contribution in [0.3, 0.4) is 0 Å². The molecule has 0 aliphatic rings. The minimum atomic E-state index is -1.02. The van der Waals surface area contributed by atoms with Gasteiger partial charge in [0.25, 0.3) is 0 Å². The predicted molar refractivity (Wildman–Crippen MR) is 213 cm³/mol. The van der Waals surface area contributed by atoms with Gasteiger partial charge in [0.2, 0.25) is 5.91 Å². The van der Waals surface area contributed by atoms with Gasteiger partial charge in [-0.15, -0.1) is 0 Å². The smallest absolute Gasteiger partial charge is 0.322 e. The molecule has 1 atom stereocenters. The SMILES string of the molecule is CCCCC/C=C\C/C=C\CCCCCCCC(=O)OC(CCCCCCCCCCCCCCC)CCCCCCCC(=O)NCC(=O)O. The molecule has 50 heavy (non-hydrogen) atoms. The Labute approximate surface area is 309 Å². The molecule has 0 aromatic rings. The molecular formula is C44H81NO5. The number of amides is 1. The monoisotopic (exact) mass is 704 g/mol. The Morgan fingerprint density at radius 3 is 1.42 bits per heavy atom. The highest BCUT2D eigenvalue weighted by Gasteiger charge is 2.14. The van der Waals surface area contributed by atoms with Crippen molar-refractivity contribution in [1.82, 2.24) is 5.32 Å². The van der Waals surface area contributed by atoms with E-state index in [1.54, 1.807) is 0 Å². The van der Waals surface area contributed by atoms with Crippen molar-refractivity contribution in [3.63, 3.8) is 0 Å². The Bertz CT molecular complexity index is 823. The molecule has 0 spiro atoms. The number of rotatable bonds is 39. The van der Waals surface area contributed by atoms with E-state index in [1.165, 1.54) is 122 Å². The number of hydrogen-bond acceptors (Lipinski definition) is 4. The number of carboxylic acid groups (broad SMARTS) is 1. The van der Waals surface area contributed by atoms with Crippen molar-refractivity contribution in [3.8, 4) is 0 Å². The number of unbranched alkanes of at least 4 members (excludes halogenated alkanes) is 24. The summed E-state index contributed by atoms with van der Waals surface area (Å²) in [6.07, 6.45) is 47.2. The van der Waals surface area contributed by atoms with Crippen LogP contribution >= 0.6 is 0 Å². The molecule has 6 heteroatoms. The third-order valence-electron chi connectivity index (χ3n) is 9.63. The Morgan fingerprint density at radius 2 is 0.920 bits per heavy atom. The molecule has 0 saturated heterocycles. The van der Waals surface area contributed by atoms with E-state index in [9.17, 15) is 14.4 Å². The molecule has 1 unspecified atom stereocenters. The summed E-state index contributed by atoms with van der Waals surface area (Å²) >= 11 is 0. The topological polar surface area (TPSA) is 92.7 Å². The summed E-state index contributed by atoms with van der Waals surface area (Å²) in [6, 6.07) is 0. The third kappa shape index (κ3) is 38.7. The van der Waals surface area contributed by atoms with Gasteiger partial charge in [-0.3, -0.25) is 14.4 Å². The summed E-state index contributed by atoms with van der Waals surface area (Å²) in [5.74, 6) is -1.23. The standard InChI is InChI=1S/C44H81NO5/c1-3-5-7-9-11-13-15-17-18-20-22-24-26-31-35-39-44(49)50-41(37-33-29-27-30-34-38-42(46)45-40-43(47)48)36-32-28-25-23-21-19-16-14-12-10-8-6-4-2/h11,13,17-18,41H,3-10,12,14-16,19-40H2,1-2H3,(H,45,46)(H,47,48)/b13-11-,18-17-. The Kier molecular flexibility index (Phi) is 38.0. The number of carboxylic acids is 1. The second-order valence-electron chi connectivity index (χ2n) is 14.6. The van der Waals surface area contributed by atoms with Crippen LogP contribution in [0.15, 0.2) is 24.3 Å². The zero-order valence-electron chi connectivity index (χ0n) is 33.0. The number of hydrogen-bond donors (Lipinski definition) is 2. The van der Waals surface area contributed by atoms with Gasteiger partial charge < -0.3 is 15.2 Å². The zero-order chi connectivity index (χ0) is 36.6. The zero-order valence-corrected chi connectivity index (χ0v) is 33.0. The van der Waals surface area contributed by atoms with Crippen LogP contribution < -0.4 is 5.32 Å². The molecule has 6 nitrogen and oxygen atoms in total. The molecule has 292 valence electrons.